The van der Waals surface area contributed by atoms with E-state index in [9.17, 15) is 0 Å². The van der Waals surface area contributed by atoms with Crippen molar-refractivity contribution >= 4 is 0 Å². The van der Waals surface area contributed by atoms with E-state index in [2.05, 4.69) is 0 Å². The summed E-state index contributed by atoms with van der Waals surface area (Å²) >= 11 is 0. The molecule has 0 aromatic carbocycles. The largest absolute Gasteiger partial charge is 1.00 e. The predicted molar refractivity (Wildman–Crippen MR) is 36.0 cm³/mol. The first-order valence-corrected chi connectivity index (χ1v) is 3.05. The van der Waals surface area contributed by atoms with Gasteiger partial charge in [-0.25, -0.2) is 0 Å². The van der Waals surface area contributed by atoms with E-state index in [-0.39, 0.29) is 19.0 Å². The predicted octanol–water partition coefficient (Wildman–Crippen LogP) is -3.95. The fourth-order valence-electron chi connectivity index (χ4n) is 0.690. The van der Waals surface area contributed by atoms with Crippen molar-refractivity contribution < 1.29 is 27.1 Å². The van der Waals surface area contributed by atoms with Crippen LogP contribution in [0, 0.1) is 0 Å². The Morgan fingerprint density at radius 3 is 1.80 bits per heavy atom. The molecule has 0 bridgehead atoms. The quantitative estimate of drug-likeness (QED) is 0.424. The van der Waals surface area contributed by atoms with Crippen LogP contribution in [0.5, 0.6) is 0 Å². The number of aliphatic hydroxyl groups excluding tert-OH is 2. The first-order valence-electron chi connectivity index (χ1n) is 3.05. The van der Waals surface area contributed by atoms with Gasteiger partial charge in [-0.1, -0.05) is 0 Å². The van der Waals surface area contributed by atoms with Crippen LogP contribution in [0.4, 0.5) is 0 Å². The van der Waals surface area contributed by atoms with Crippen LogP contribution in [0.25, 0.3) is 0 Å². The zero-order valence-electron chi connectivity index (χ0n) is 6.71. The second-order valence-electron chi connectivity index (χ2n) is 3.31. The maximum atomic E-state index is 8.93. The molecule has 10 heavy (non-hydrogen) atoms. The summed E-state index contributed by atoms with van der Waals surface area (Å²) < 4.78 is 0.682. The molecule has 0 aliphatic rings. The van der Waals surface area contributed by atoms with Crippen molar-refractivity contribution in [1.29, 1.82) is 0 Å². The number of nitrogens with zero attached hydrogens (tertiary/aromatic N) is 1. The highest BCUT2D eigenvalue weighted by Gasteiger charge is 2.13. The lowest BCUT2D eigenvalue weighted by Crippen LogP contribution is -3.00. The third-order valence-corrected chi connectivity index (χ3v) is 0.969. The van der Waals surface area contributed by atoms with Gasteiger partial charge >= 0.3 is 0 Å². The van der Waals surface area contributed by atoms with Crippen molar-refractivity contribution in [1.82, 2.24) is 0 Å². The SMILES string of the molecule is C[N+](C)(C)C[C@H](O)CO.[Cl-]. The maximum Gasteiger partial charge on any atom is 0.126 e. The van der Waals surface area contributed by atoms with Gasteiger partial charge in [-0.2, -0.15) is 0 Å². The van der Waals surface area contributed by atoms with Crippen molar-refractivity contribution in [3.05, 3.63) is 0 Å². The molecule has 0 aromatic rings. The van der Waals surface area contributed by atoms with Gasteiger partial charge in [0.05, 0.1) is 27.7 Å². The summed E-state index contributed by atoms with van der Waals surface area (Å²) in [5.74, 6) is 0. The van der Waals surface area contributed by atoms with E-state index < -0.39 is 6.10 Å². The van der Waals surface area contributed by atoms with Gasteiger partial charge < -0.3 is 27.1 Å². The van der Waals surface area contributed by atoms with Crippen LogP contribution >= 0.6 is 0 Å². The van der Waals surface area contributed by atoms with Crippen LogP contribution in [-0.2, 0) is 0 Å². The fourth-order valence-corrected chi connectivity index (χ4v) is 0.690. The number of hydrogen-bond acceptors (Lipinski definition) is 2. The molecule has 0 aliphatic heterocycles. The second-order valence-corrected chi connectivity index (χ2v) is 3.31. The summed E-state index contributed by atoms with van der Waals surface area (Å²) in [5.41, 5.74) is 0. The molecule has 0 saturated heterocycles. The van der Waals surface area contributed by atoms with E-state index in [0.717, 1.165) is 0 Å². The molecule has 64 valence electrons. The Morgan fingerprint density at radius 1 is 1.30 bits per heavy atom. The van der Waals surface area contributed by atoms with Crippen LogP contribution in [0.1, 0.15) is 0 Å². The second kappa shape index (κ2) is 4.91. The molecule has 4 heteroatoms. The monoisotopic (exact) mass is 169 g/mol. The Morgan fingerprint density at radius 2 is 1.70 bits per heavy atom. The number of halogens is 1. The van der Waals surface area contributed by atoms with E-state index in [0.29, 0.717) is 11.0 Å². The molecule has 0 radical (unpaired) electrons. The Labute approximate surface area is 68.3 Å². The van der Waals surface area contributed by atoms with Crippen molar-refractivity contribution in [2.24, 2.45) is 0 Å². The molecular formula is C6H16ClNO2. The Balaban J connectivity index is 0. The van der Waals surface area contributed by atoms with Gasteiger partial charge in [0.25, 0.3) is 0 Å². The van der Waals surface area contributed by atoms with Crippen molar-refractivity contribution in [3.63, 3.8) is 0 Å². The highest BCUT2D eigenvalue weighted by Crippen LogP contribution is 1.92. The van der Waals surface area contributed by atoms with Crippen LogP contribution < -0.4 is 12.4 Å². The van der Waals surface area contributed by atoms with Crippen LogP contribution in [0.3, 0.4) is 0 Å². The van der Waals surface area contributed by atoms with Gasteiger partial charge in [0.15, 0.2) is 0 Å². The van der Waals surface area contributed by atoms with E-state index in [4.69, 9.17) is 10.2 Å². The summed E-state index contributed by atoms with van der Waals surface area (Å²) in [5, 5.41) is 17.4. The number of rotatable bonds is 3. The van der Waals surface area contributed by atoms with Gasteiger partial charge in [-0.15, -0.1) is 0 Å². The number of quaternary nitrogens is 1. The molecular weight excluding hydrogens is 154 g/mol. The molecule has 3 nitrogen and oxygen atoms in total. The molecule has 0 unspecified atom stereocenters. The normalized spacial score (nSPS) is 14.1. The average Bonchev–Trinajstić information content (AvgIpc) is 1.62. The Bertz CT molecular complexity index is 82.3. The van der Waals surface area contributed by atoms with Gasteiger partial charge in [0, 0.05) is 0 Å². The van der Waals surface area contributed by atoms with Crippen molar-refractivity contribution in [3.8, 4) is 0 Å². The van der Waals surface area contributed by atoms with E-state index in [1.54, 1.807) is 0 Å². The minimum Gasteiger partial charge on any atom is -1.00 e. The van der Waals surface area contributed by atoms with Crippen LogP contribution in [0.2, 0.25) is 0 Å². The van der Waals surface area contributed by atoms with E-state index in [1.165, 1.54) is 0 Å². The summed E-state index contributed by atoms with van der Waals surface area (Å²) in [6.45, 7) is 0.450. The van der Waals surface area contributed by atoms with Crippen molar-refractivity contribution in [2.75, 3.05) is 34.3 Å². The third-order valence-electron chi connectivity index (χ3n) is 0.969. The first-order chi connectivity index (χ1) is 3.95. The number of likely N-dealkylation sites (N-methyl/N-ethyl adjacent to an activating group) is 1. The number of hydrogen-bond donors (Lipinski definition) is 2. The lowest BCUT2D eigenvalue weighted by atomic mass is 10.3. The maximum absolute atomic E-state index is 8.93. The summed E-state index contributed by atoms with van der Waals surface area (Å²) in [4.78, 5) is 0. The van der Waals surface area contributed by atoms with Gasteiger partial charge in [-0.3, -0.25) is 0 Å². The van der Waals surface area contributed by atoms with Gasteiger partial charge in [0.2, 0.25) is 0 Å². The molecule has 0 rings (SSSR count). The average molecular weight is 170 g/mol. The van der Waals surface area contributed by atoms with Gasteiger partial charge in [-0.05, 0) is 0 Å². The van der Waals surface area contributed by atoms with E-state index in [1.807, 2.05) is 21.1 Å². The fraction of sp³-hybridized carbons (Fsp3) is 1.00. The highest BCUT2D eigenvalue weighted by atomic mass is 35.5. The molecule has 0 aliphatic carbocycles. The zero-order valence-corrected chi connectivity index (χ0v) is 7.47. The molecule has 0 aromatic heterocycles. The Kier molecular flexibility index (Phi) is 6.29. The number of aliphatic hydroxyl groups is 2. The molecule has 0 fully saturated rings. The lowest BCUT2D eigenvalue weighted by molar-refractivity contribution is -0.873. The minimum absolute atomic E-state index is 0. The smallest absolute Gasteiger partial charge is 0.126 e. The molecule has 0 saturated carbocycles. The molecule has 1 atom stereocenters. The molecule has 0 amide bonds. The first kappa shape index (κ1) is 12.8. The van der Waals surface area contributed by atoms with Crippen molar-refractivity contribution in [2.45, 2.75) is 6.10 Å². The minimum atomic E-state index is -0.579. The molecule has 2 N–H and O–H groups in total. The highest BCUT2D eigenvalue weighted by molar-refractivity contribution is 4.47. The Hall–Kier alpha value is 0.170. The molecule has 0 heterocycles. The van der Waals surface area contributed by atoms with E-state index >= 15 is 0 Å². The molecule has 0 spiro atoms. The van der Waals surface area contributed by atoms with Crippen LogP contribution in [0.15, 0.2) is 0 Å². The zero-order chi connectivity index (χ0) is 7.49. The lowest BCUT2D eigenvalue weighted by Gasteiger charge is -2.25. The summed E-state index contributed by atoms with van der Waals surface area (Å²) in [6.07, 6.45) is -0.579. The van der Waals surface area contributed by atoms with Gasteiger partial charge in [0.1, 0.15) is 12.6 Å². The summed E-state index contributed by atoms with van der Waals surface area (Å²) in [6, 6.07) is 0. The summed E-state index contributed by atoms with van der Waals surface area (Å²) in [7, 11) is 5.91. The van der Waals surface area contributed by atoms with Crippen LogP contribution in [-0.4, -0.2) is 55.1 Å². The third kappa shape index (κ3) is 8.17. The topological polar surface area (TPSA) is 40.5 Å². The standard InChI is InChI=1S/C6H16NO2.ClH/c1-7(2,3)4-6(9)5-8;/h6,8-9H,4-5H2,1-3H3;1H/q+1;/p-1/t6-;/m0./s1.